The first kappa shape index (κ1) is 23.6. The Labute approximate surface area is 199 Å². The molecule has 3 N–H and O–H groups in total. The smallest absolute Gasteiger partial charge is 0.271 e. The van der Waals surface area contributed by atoms with E-state index in [9.17, 15) is 19.7 Å². The predicted molar refractivity (Wildman–Crippen MR) is 117 cm³/mol. The monoisotopic (exact) mass is 522 g/mol. The number of benzene rings is 1. The number of rotatable bonds is 6. The molecule has 0 saturated carbocycles. The normalized spacial score (nSPS) is 25.9. The van der Waals surface area contributed by atoms with Crippen LogP contribution in [0.5, 0.6) is 5.19 Å². The zero-order valence-electron chi connectivity index (χ0n) is 16.3. The van der Waals surface area contributed by atoms with Crippen LogP contribution in [0.25, 0.3) is 11.4 Å². The molecule has 5 atom stereocenters. The standard InChI is InChI=1S/C18H17Cl2FN4O5S2/c1-29-16-14(25-4-10(23-24-25)11-6-31-18(28)22-11)15(27)12(5-26)30-17(16)32-7-2-8(19)13(21)9(20)3-7/h2-4,6,12,14-17,26-27H,5H2,1H3,(H,22,28)/t12-,14+,15+,16-,17-/m1/s1. The molecule has 4 rings (SSSR count). The van der Waals surface area contributed by atoms with Crippen LogP contribution in [-0.4, -0.2) is 72.8 Å². The third-order valence-corrected chi connectivity index (χ3v) is 7.19. The van der Waals surface area contributed by atoms with E-state index in [4.69, 9.17) is 32.7 Å². The summed E-state index contributed by atoms with van der Waals surface area (Å²) in [5, 5.41) is 39.5. The maximum absolute atomic E-state index is 13.8. The van der Waals surface area contributed by atoms with E-state index in [1.54, 1.807) is 11.6 Å². The predicted octanol–water partition coefficient (Wildman–Crippen LogP) is 2.98. The van der Waals surface area contributed by atoms with Crippen LogP contribution in [0.2, 0.25) is 10.0 Å². The van der Waals surface area contributed by atoms with Gasteiger partial charge in [-0.1, -0.05) is 51.5 Å². The van der Waals surface area contributed by atoms with Crippen molar-refractivity contribution in [2.24, 2.45) is 0 Å². The number of hydrogen-bond donors (Lipinski definition) is 3. The van der Waals surface area contributed by atoms with E-state index in [0.717, 1.165) is 23.1 Å². The number of ether oxygens (including phenoxy) is 2. The molecule has 1 aromatic carbocycles. The summed E-state index contributed by atoms with van der Waals surface area (Å²) in [5.41, 5.74) is 0.0746. The van der Waals surface area contributed by atoms with Crippen molar-refractivity contribution in [3.63, 3.8) is 0 Å². The quantitative estimate of drug-likeness (QED) is 0.419. The molecule has 1 aliphatic rings. The summed E-state index contributed by atoms with van der Waals surface area (Å²) >= 11 is 14.0. The van der Waals surface area contributed by atoms with Crippen molar-refractivity contribution >= 4 is 46.3 Å². The first-order valence-corrected chi connectivity index (χ1v) is 11.7. The molecule has 32 heavy (non-hydrogen) atoms. The average molecular weight is 523 g/mol. The molecule has 3 heterocycles. The summed E-state index contributed by atoms with van der Waals surface area (Å²) in [6.45, 7) is -0.461. The lowest BCUT2D eigenvalue weighted by Crippen LogP contribution is -2.55. The lowest BCUT2D eigenvalue weighted by Gasteiger charge is -2.43. The number of aliphatic hydroxyl groups excluding tert-OH is 2. The summed E-state index contributed by atoms with van der Waals surface area (Å²) < 4.78 is 26.7. The van der Waals surface area contributed by atoms with Crippen LogP contribution in [-0.2, 0) is 9.47 Å². The molecule has 14 heteroatoms. The number of thiazole rings is 1. The Hall–Kier alpha value is -1.51. The van der Waals surface area contributed by atoms with Gasteiger partial charge in [-0.3, -0.25) is 0 Å². The molecular formula is C18H17Cl2FN4O5S2. The zero-order chi connectivity index (χ0) is 23.0. The SMILES string of the molecule is CO[C@@H]1[C@@H](n2cc(-c3csc(O)n3)nn2)[C@@H](O)[C@@H](CO)O[C@@H]1Sc1cc(Cl)c(F)c(Cl)c1. The molecule has 1 saturated heterocycles. The Morgan fingerprint density at radius 1 is 1.31 bits per heavy atom. The number of aromatic nitrogens is 4. The van der Waals surface area contributed by atoms with Gasteiger partial charge < -0.3 is 24.8 Å². The van der Waals surface area contributed by atoms with E-state index in [2.05, 4.69) is 15.3 Å². The Kier molecular flexibility index (Phi) is 7.22. The second kappa shape index (κ2) is 9.77. The maximum Gasteiger partial charge on any atom is 0.271 e. The largest absolute Gasteiger partial charge is 0.486 e. The van der Waals surface area contributed by atoms with E-state index >= 15 is 0 Å². The molecule has 1 fully saturated rings. The molecule has 0 spiro atoms. The topological polar surface area (TPSA) is 123 Å². The molecule has 0 radical (unpaired) electrons. The highest BCUT2D eigenvalue weighted by Crippen LogP contribution is 2.41. The number of halogens is 3. The number of methoxy groups -OCH3 is 1. The highest BCUT2D eigenvalue weighted by Gasteiger charge is 2.47. The lowest BCUT2D eigenvalue weighted by atomic mass is 9.97. The Balaban J connectivity index is 1.66. The minimum Gasteiger partial charge on any atom is -0.486 e. The van der Waals surface area contributed by atoms with Crippen molar-refractivity contribution in [1.29, 1.82) is 0 Å². The van der Waals surface area contributed by atoms with Gasteiger partial charge in [-0.2, -0.15) is 0 Å². The van der Waals surface area contributed by atoms with Crippen LogP contribution in [0.4, 0.5) is 4.39 Å². The van der Waals surface area contributed by atoms with Gasteiger partial charge in [0, 0.05) is 17.4 Å². The minimum atomic E-state index is -1.18. The van der Waals surface area contributed by atoms with E-state index in [-0.39, 0.29) is 15.2 Å². The Morgan fingerprint density at radius 3 is 2.62 bits per heavy atom. The molecule has 0 unspecified atom stereocenters. The van der Waals surface area contributed by atoms with Gasteiger partial charge in [-0.05, 0) is 12.1 Å². The molecule has 0 amide bonds. The van der Waals surface area contributed by atoms with Gasteiger partial charge >= 0.3 is 0 Å². The van der Waals surface area contributed by atoms with Crippen molar-refractivity contribution in [3.05, 3.63) is 39.6 Å². The van der Waals surface area contributed by atoms with Crippen LogP contribution in [0.1, 0.15) is 6.04 Å². The molecule has 9 nitrogen and oxygen atoms in total. The van der Waals surface area contributed by atoms with Crippen molar-refractivity contribution < 1.29 is 29.2 Å². The third kappa shape index (κ3) is 4.59. The van der Waals surface area contributed by atoms with Gasteiger partial charge in [0.2, 0.25) is 0 Å². The third-order valence-electron chi connectivity index (χ3n) is 4.88. The van der Waals surface area contributed by atoms with Gasteiger partial charge in [0.1, 0.15) is 41.2 Å². The van der Waals surface area contributed by atoms with Gasteiger partial charge in [-0.15, -0.1) is 5.10 Å². The molecule has 0 aliphatic carbocycles. The van der Waals surface area contributed by atoms with E-state index in [1.807, 2.05) is 0 Å². The number of aromatic hydroxyl groups is 1. The maximum atomic E-state index is 13.8. The summed E-state index contributed by atoms with van der Waals surface area (Å²) in [6.07, 6.45) is -1.33. The summed E-state index contributed by atoms with van der Waals surface area (Å²) in [5.74, 6) is -0.727. The van der Waals surface area contributed by atoms with Gasteiger partial charge in [0.15, 0.2) is 5.82 Å². The van der Waals surface area contributed by atoms with Crippen LogP contribution < -0.4 is 0 Å². The molecule has 172 valence electrons. The molecular weight excluding hydrogens is 506 g/mol. The fourth-order valence-corrected chi connectivity index (χ4v) is 5.77. The molecule has 1 aliphatic heterocycles. The van der Waals surface area contributed by atoms with Crippen molar-refractivity contribution in [1.82, 2.24) is 20.0 Å². The fraction of sp³-hybridized carbons (Fsp3) is 0.389. The summed E-state index contributed by atoms with van der Waals surface area (Å²) in [4.78, 5) is 4.47. The van der Waals surface area contributed by atoms with Crippen molar-refractivity contribution in [3.8, 4) is 16.6 Å². The van der Waals surface area contributed by atoms with Crippen LogP contribution in [0, 0.1) is 5.82 Å². The summed E-state index contributed by atoms with van der Waals surface area (Å²) in [7, 11) is 1.45. The van der Waals surface area contributed by atoms with Crippen LogP contribution >= 0.6 is 46.3 Å². The highest BCUT2D eigenvalue weighted by molar-refractivity contribution is 7.99. The Morgan fingerprint density at radius 2 is 2.03 bits per heavy atom. The van der Waals surface area contributed by atoms with Crippen LogP contribution in [0.3, 0.4) is 0 Å². The average Bonchev–Trinajstić information content (AvgIpc) is 3.41. The Bertz CT molecular complexity index is 1080. The first-order valence-electron chi connectivity index (χ1n) is 9.17. The van der Waals surface area contributed by atoms with Crippen molar-refractivity contribution in [2.75, 3.05) is 13.7 Å². The second-order valence-corrected chi connectivity index (χ2v) is 9.65. The number of aliphatic hydroxyl groups is 2. The first-order chi connectivity index (χ1) is 15.3. The van der Waals surface area contributed by atoms with E-state index < -0.39 is 42.2 Å². The number of hydrogen-bond acceptors (Lipinski definition) is 10. The van der Waals surface area contributed by atoms with Gasteiger partial charge in [0.25, 0.3) is 5.19 Å². The number of nitrogens with zero attached hydrogens (tertiary/aromatic N) is 4. The summed E-state index contributed by atoms with van der Waals surface area (Å²) in [6, 6.07) is 2.02. The molecule has 2 aromatic heterocycles. The van der Waals surface area contributed by atoms with Crippen LogP contribution in [0.15, 0.2) is 28.6 Å². The second-order valence-electron chi connectivity index (χ2n) is 6.82. The van der Waals surface area contributed by atoms with Crippen molar-refractivity contribution in [2.45, 2.75) is 34.7 Å². The fourth-order valence-electron chi connectivity index (χ4n) is 3.37. The zero-order valence-corrected chi connectivity index (χ0v) is 19.4. The van der Waals surface area contributed by atoms with Gasteiger partial charge in [0.05, 0.1) is 22.8 Å². The number of thioether (sulfide) groups is 1. The molecule has 0 bridgehead atoms. The van der Waals surface area contributed by atoms with Gasteiger partial charge in [-0.25, -0.2) is 14.1 Å². The highest BCUT2D eigenvalue weighted by atomic mass is 35.5. The molecule has 3 aromatic rings. The van der Waals surface area contributed by atoms with E-state index in [0.29, 0.717) is 16.3 Å². The lowest BCUT2D eigenvalue weighted by molar-refractivity contribution is -0.186. The minimum absolute atomic E-state index is 0.108. The van der Waals surface area contributed by atoms with E-state index in [1.165, 1.54) is 23.9 Å².